The van der Waals surface area contributed by atoms with Crippen molar-refractivity contribution in [1.29, 1.82) is 0 Å². The standard InChI is InChI=1S/C84H100N14O14/c1-53-39-55(3)79(56(4)40-53)83-67-19-15-63(87-67)81(61-11-7-59(8-12-61)43-85-71(99)45-91-23-27-93(47-73(101)102)31-35-97(51-77(109)110)36-32-94(28-24-91)48-74(103)104)65-17-21-69(89-65)84(80-57(5)41-54(2)42-58(80)6)70-22-18-66(90-70)82(64-16-20-68(83)88-64)62-13-9-60(10-14-62)44-86-72(100)46-92-25-29-95(49-75(105)106)33-37-98(52-78(111)112)38-34-96(30-26-92)50-76(107)108/h7-22,39-42,87,90H,23-38,43-52H2,1-6H3,(H,85,99)(H,86,100)(H,101,102)(H,103,104)(H,105,106)(H,107,108)(H,109,110)(H,111,112). The fraction of sp³-hybridized carbons (Fsp3) is 0.381. The van der Waals surface area contributed by atoms with E-state index in [1.807, 2.05) is 58.3 Å². The zero-order valence-corrected chi connectivity index (χ0v) is 64.4. The molecule has 4 aliphatic rings. The summed E-state index contributed by atoms with van der Waals surface area (Å²) >= 11 is 0. The predicted molar refractivity (Wildman–Crippen MR) is 430 cm³/mol. The minimum atomic E-state index is -1.04. The van der Waals surface area contributed by atoms with Gasteiger partial charge in [0, 0.05) is 162 Å². The second-order valence-corrected chi connectivity index (χ2v) is 29.6. The molecule has 2 amide bonds. The van der Waals surface area contributed by atoms with Gasteiger partial charge >= 0.3 is 35.8 Å². The van der Waals surface area contributed by atoms with Crippen LogP contribution in [0, 0.1) is 41.5 Å². The van der Waals surface area contributed by atoms with E-state index in [1.54, 1.807) is 29.4 Å². The number of amides is 2. The van der Waals surface area contributed by atoms with Crippen LogP contribution in [0.5, 0.6) is 0 Å². The van der Waals surface area contributed by atoms with Crippen molar-refractivity contribution in [2.45, 2.75) is 54.6 Å². The number of aryl methyl sites for hydroxylation is 6. The number of carboxylic acid groups (broad SMARTS) is 6. The van der Waals surface area contributed by atoms with Crippen LogP contribution in [0.15, 0.2) is 97.1 Å². The molecule has 2 saturated heterocycles. The van der Waals surface area contributed by atoms with Crippen molar-refractivity contribution >= 4 is 94.0 Å². The Morgan fingerprint density at radius 3 is 0.750 bits per heavy atom. The number of benzene rings is 4. The number of aliphatic carboxylic acids is 6. The number of H-pyrrole nitrogens is 2. The van der Waals surface area contributed by atoms with Gasteiger partial charge in [0.1, 0.15) is 0 Å². The number of hydrogen-bond acceptors (Lipinski definition) is 18. The van der Waals surface area contributed by atoms with Crippen molar-refractivity contribution < 1.29 is 69.0 Å². The number of aromatic nitrogens is 4. The normalized spacial score (nSPS) is 16.1. The van der Waals surface area contributed by atoms with Crippen LogP contribution in [0.2, 0.25) is 0 Å². The molecule has 590 valence electrons. The first-order valence-electron chi connectivity index (χ1n) is 37.8. The molecular formula is C84H100N14O14. The molecule has 8 bridgehead atoms. The lowest BCUT2D eigenvalue weighted by Crippen LogP contribution is -2.49. The molecule has 3 aromatic heterocycles. The van der Waals surface area contributed by atoms with Crippen LogP contribution in [-0.4, -0.2) is 294 Å². The SMILES string of the molecule is Cc1cc(C)c(-c2c3nc(c(-c4ccc(CNC(=O)CN5CCN(CC(=O)O)CCN(CC(=O)O)CCN(CC(=O)O)CC5)cc4)c4ccc([nH]4)c(-c4c(C)cc(C)cc4C)c4nc(c(-c5ccc(CNC(=O)CN6CCN(CC(=O)O)CCN(CC(=O)O)CCN(CC(=O)O)CC6)cc5)c5ccc2[nH]5)C=C4)C=C3)c(C)c1. The van der Waals surface area contributed by atoms with E-state index in [-0.39, 0.29) is 156 Å². The molecule has 0 atom stereocenters. The lowest BCUT2D eigenvalue weighted by molar-refractivity contribution is -0.140. The average Bonchev–Trinajstić information content (AvgIpc) is 1.55. The smallest absolute Gasteiger partial charge is 0.317 e. The van der Waals surface area contributed by atoms with Crippen LogP contribution >= 0.6 is 0 Å². The number of carboxylic acids is 6. The maximum atomic E-state index is 14.0. The summed E-state index contributed by atoms with van der Waals surface area (Å²) in [7, 11) is 0. The first-order chi connectivity index (χ1) is 53.6. The Hall–Kier alpha value is -11.1. The molecule has 7 aromatic rings. The summed E-state index contributed by atoms with van der Waals surface area (Å²) in [5.74, 6) is -6.79. The first kappa shape index (κ1) is 81.9. The Morgan fingerprint density at radius 1 is 0.304 bits per heavy atom. The van der Waals surface area contributed by atoms with Gasteiger partial charge in [-0.3, -0.25) is 77.6 Å². The molecule has 0 unspecified atom stereocenters. The van der Waals surface area contributed by atoms with Gasteiger partial charge in [-0.1, -0.05) is 83.9 Å². The van der Waals surface area contributed by atoms with E-state index in [0.717, 1.165) is 122 Å². The molecule has 0 saturated carbocycles. The van der Waals surface area contributed by atoms with E-state index >= 15 is 0 Å². The highest BCUT2D eigenvalue weighted by molar-refractivity contribution is 6.01. The monoisotopic (exact) mass is 1530 g/mol. The van der Waals surface area contributed by atoms with Gasteiger partial charge in [0.25, 0.3) is 0 Å². The van der Waals surface area contributed by atoms with Gasteiger partial charge in [0.05, 0.1) is 75.1 Å². The van der Waals surface area contributed by atoms with Gasteiger partial charge in [-0.15, -0.1) is 0 Å². The molecule has 10 N–H and O–H groups in total. The van der Waals surface area contributed by atoms with Gasteiger partial charge in [0.2, 0.25) is 11.8 Å². The second-order valence-electron chi connectivity index (χ2n) is 29.6. The number of fused-ring (bicyclic) bond motifs is 8. The van der Waals surface area contributed by atoms with Crippen LogP contribution in [0.1, 0.15) is 67.3 Å². The molecule has 28 nitrogen and oxygen atoms in total. The van der Waals surface area contributed by atoms with E-state index in [2.05, 4.69) is 135 Å². The van der Waals surface area contributed by atoms with Gasteiger partial charge < -0.3 is 51.2 Å². The van der Waals surface area contributed by atoms with Gasteiger partial charge in [0.15, 0.2) is 0 Å². The Labute approximate surface area is 650 Å². The Balaban J connectivity index is 0.928. The minimum Gasteiger partial charge on any atom is -0.480 e. The molecule has 112 heavy (non-hydrogen) atoms. The van der Waals surface area contributed by atoms with Gasteiger partial charge in [-0.25, -0.2) is 9.97 Å². The summed E-state index contributed by atoms with van der Waals surface area (Å²) in [6.45, 7) is 15.6. The summed E-state index contributed by atoms with van der Waals surface area (Å²) in [6, 6.07) is 33.1. The molecule has 28 heteroatoms. The number of rotatable bonds is 24. The third-order valence-electron chi connectivity index (χ3n) is 20.8. The largest absolute Gasteiger partial charge is 0.480 e. The van der Waals surface area contributed by atoms with E-state index in [1.165, 1.54) is 0 Å². The van der Waals surface area contributed by atoms with Crippen LogP contribution < -0.4 is 10.6 Å². The van der Waals surface area contributed by atoms with E-state index in [9.17, 15) is 69.0 Å². The summed E-state index contributed by atoms with van der Waals surface area (Å²) in [6.07, 6.45) is 8.22. The summed E-state index contributed by atoms with van der Waals surface area (Å²) < 4.78 is 0. The van der Waals surface area contributed by atoms with Crippen molar-refractivity contribution in [3.05, 3.63) is 164 Å². The second kappa shape index (κ2) is 37.8. The zero-order chi connectivity index (χ0) is 79.9. The van der Waals surface area contributed by atoms with E-state index < -0.39 is 35.8 Å². The molecule has 11 rings (SSSR count). The number of hydrogen-bond donors (Lipinski definition) is 10. The highest BCUT2D eigenvalue weighted by Crippen LogP contribution is 2.42. The molecule has 0 aliphatic carbocycles. The average molecular weight is 1530 g/mol. The van der Waals surface area contributed by atoms with Gasteiger partial charge in [-0.05, 0) is 146 Å². The van der Waals surface area contributed by atoms with Crippen LogP contribution in [-0.2, 0) is 51.4 Å². The van der Waals surface area contributed by atoms with Crippen molar-refractivity contribution in [3.63, 3.8) is 0 Å². The molecule has 4 aliphatic heterocycles. The van der Waals surface area contributed by atoms with Crippen LogP contribution in [0.3, 0.4) is 0 Å². The van der Waals surface area contributed by atoms with E-state index in [0.29, 0.717) is 37.6 Å². The molecule has 4 aromatic carbocycles. The number of nitrogens with zero attached hydrogens (tertiary/aromatic N) is 10. The fourth-order valence-corrected chi connectivity index (χ4v) is 15.6. The Kier molecular flexibility index (Phi) is 27.6. The van der Waals surface area contributed by atoms with E-state index in [4.69, 9.17) is 9.97 Å². The molecular weight excluding hydrogens is 1430 g/mol. The van der Waals surface area contributed by atoms with Crippen molar-refractivity contribution in [3.8, 4) is 44.5 Å². The molecule has 7 heterocycles. The highest BCUT2D eigenvalue weighted by atomic mass is 16.4. The molecule has 0 radical (unpaired) electrons. The minimum absolute atomic E-state index is 0.0386. The number of carbonyl (C=O) groups is 8. The summed E-state index contributed by atoms with van der Waals surface area (Å²) in [4.78, 5) is 132. The Bertz CT molecular complexity index is 4500. The predicted octanol–water partition coefficient (Wildman–Crippen LogP) is 7.36. The highest BCUT2D eigenvalue weighted by Gasteiger charge is 2.27. The van der Waals surface area contributed by atoms with Crippen molar-refractivity contribution in [2.24, 2.45) is 0 Å². The lowest BCUT2D eigenvalue weighted by Gasteiger charge is -2.32. The van der Waals surface area contributed by atoms with Crippen LogP contribution in [0.25, 0.3) is 90.9 Å². The van der Waals surface area contributed by atoms with Gasteiger partial charge in [-0.2, -0.15) is 0 Å². The number of nitrogens with one attached hydrogen (secondary N) is 4. The third-order valence-corrected chi connectivity index (χ3v) is 20.8. The van der Waals surface area contributed by atoms with Crippen molar-refractivity contribution in [2.75, 3.05) is 157 Å². The topological polar surface area (TPSA) is 365 Å². The van der Waals surface area contributed by atoms with Crippen molar-refractivity contribution in [1.82, 2.24) is 69.8 Å². The lowest BCUT2D eigenvalue weighted by atomic mass is 9.92. The zero-order valence-electron chi connectivity index (χ0n) is 64.4. The first-order valence-corrected chi connectivity index (χ1v) is 37.8. The number of aromatic amines is 2. The maximum Gasteiger partial charge on any atom is 0.317 e. The maximum absolute atomic E-state index is 14.0. The fourth-order valence-electron chi connectivity index (χ4n) is 15.6. The number of carbonyl (C=O) groups excluding carboxylic acids is 2. The third kappa shape index (κ3) is 22.2. The summed E-state index contributed by atoms with van der Waals surface area (Å²) in [5.41, 5.74) is 21.4. The molecule has 2 fully saturated rings. The quantitative estimate of drug-likeness (QED) is 0.0282. The summed E-state index contributed by atoms with van der Waals surface area (Å²) in [5, 5.41) is 64.5. The molecule has 0 spiro atoms. The van der Waals surface area contributed by atoms with Crippen LogP contribution in [0.4, 0.5) is 0 Å². The Morgan fingerprint density at radius 2 is 0.518 bits per heavy atom.